The predicted octanol–water partition coefficient (Wildman–Crippen LogP) is 2.87. The van der Waals surface area contributed by atoms with E-state index < -0.39 is 0 Å². The number of hydrogen-bond acceptors (Lipinski definition) is 3. The number of para-hydroxylation sites is 1. The molecule has 0 saturated heterocycles. The third-order valence-electron chi connectivity index (χ3n) is 4.33. The second-order valence-corrected chi connectivity index (χ2v) is 5.66. The molecule has 0 spiro atoms. The quantitative estimate of drug-likeness (QED) is 0.942. The summed E-state index contributed by atoms with van der Waals surface area (Å²) in [6, 6.07) is 9.73. The Hall–Kier alpha value is -2.17. The molecule has 110 valence electrons. The summed E-state index contributed by atoms with van der Waals surface area (Å²) in [5, 5.41) is 11.4. The van der Waals surface area contributed by atoms with Gasteiger partial charge >= 0.3 is 0 Å². The standard InChI is InChI=1S/C16H20N4O/c1-11-12(2)20(19-18-11)15-10-6-9-14(15)16(21)17-13-7-4-3-5-8-13/h3-5,7-8,14-15H,6,9-10H2,1-2H3,(H,17,21)/t14-,15-/m0/s1. The first-order valence-corrected chi connectivity index (χ1v) is 7.41. The minimum Gasteiger partial charge on any atom is -0.326 e. The molecular formula is C16H20N4O. The van der Waals surface area contributed by atoms with Crippen LogP contribution in [-0.4, -0.2) is 20.9 Å². The fraction of sp³-hybridized carbons (Fsp3) is 0.438. The fourth-order valence-corrected chi connectivity index (χ4v) is 3.03. The number of aryl methyl sites for hydroxylation is 1. The van der Waals surface area contributed by atoms with Gasteiger partial charge in [0.15, 0.2) is 0 Å². The maximum absolute atomic E-state index is 12.5. The Morgan fingerprint density at radius 3 is 2.67 bits per heavy atom. The van der Waals surface area contributed by atoms with Gasteiger partial charge in [0, 0.05) is 5.69 Å². The molecular weight excluding hydrogens is 264 g/mol. The van der Waals surface area contributed by atoms with Gasteiger partial charge in [-0.05, 0) is 38.8 Å². The molecule has 1 saturated carbocycles. The third-order valence-corrected chi connectivity index (χ3v) is 4.33. The van der Waals surface area contributed by atoms with Gasteiger partial charge in [-0.1, -0.05) is 29.8 Å². The summed E-state index contributed by atoms with van der Waals surface area (Å²) in [5.41, 5.74) is 2.84. The van der Waals surface area contributed by atoms with Crippen LogP contribution >= 0.6 is 0 Å². The Kier molecular flexibility index (Phi) is 3.73. The van der Waals surface area contributed by atoms with Crippen LogP contribution in [0, 0.1) is 19.8 Å². The average Bonchev–Trinajstić information content (AvgIpc) is 3.08. The molecule has 0 aliphatic heterocycles. The van der Waals surface area contributed by atoms with Gasteiger partial charge in [-0.25, -0.2) is 4.68 Å². The molecule has 21 heavy (non-hydrogen) atoms. The lowest BCUT2D eigenvalue weighted by molar-refractivity contribution is -0.120. The lowest BCUT2D eigenvalue weighted by Gasteiger charge is -2.20. The molecule has 0 radical (unpaired) electrons. The molecule has 1 fully saturated rings. The van der Waals surface area contributed by atoms with Crippen molar-refractivity contribution >= 4 is 11.6 Å². The van der Waals surface area contributed by atoms with E-state index in [-0.39, 0.29) is 17.9 Å². The predicted molar refractivity (Wildman–Crippen MR) is 80.9 cm³/mol. The Morgan fingerprint density at radius 2 is 2.00 bits per heavy atom. The maximum Gasteiger partial charge on any atom is 0.229 e. The number of benzene rings is 1. The van der Waals surface area contributed by atoms with Crippen LogP contribution < -0.4 is 5.32 Å². The van der Waals surface area contributed by atoms with E-state index in [2.05, 4.69) is 15.6 Å². The van der Waals surface area contributed by atoms with Gasteiger partial charge in [0.1, 0.15) is 0 Å². The summed E-state index contributed by atoms with van der Waals surface area (Å²) in [6.07, 6.45) is 2.94. The van der Waals surface area contributed by atoms with Crippen LogP contribution in [0.1, 0.15) is 36.7 Å². The highest BCUT2D eigenvalue weighted by molar-refractivity contribution is 5.93. The number of amides is 1. The van der Waals surface area contributed by atoms with Crippen LogP contribution in [-0.2, 0) is 4.79 Å². The van der Waals surface area contributed by atoms with E-state index in [1.165, 1.54) is 0 Å². The SMILES string of the molecule is Cc1nnn([C@H]2CCC[C@@H]2C(=O)Nc2ccccc2)c1C. The highest BCUT2D eigenvalue weighted by Crippen LogP contribution is 2.36. The monoisotopic (exact) mass is 284 g/mol. The van der Waals surface area contributed by atoms with Crippen LogP contribution in [0.4, 0.5) is 5.69 Å². The minimum atomic E-state index is -0.0370. The van der Waals surface area contributed by atoms with Crippen molar-refractivity contribution in [3.63, 3.8) is 0 Å². The van der Waals surface area contributed by atoms with Crippen LogP contribution in [0.15, 0.2) is 30.3 Å². The third kappa shape index (κ3) is 2.68. The molecule has 1 N–H and O–H groups in total. The zero-order valence-corrected chi connectivity index (χ0v) is 12.4. The minimum absolute atomic E-state index is 0.0370. The first kappa shape index (κ1) is 13.8. The van der Waals surface area contributed by atoms with Gasteiger partial charge in [-0.3, -0.25) is 4.79 Å². The van der Waals surface area contributed by atoms with E-state index in [1.807, 2.05) is 48.9 Å². The summed E-state index contributed by atoms with van der Waals surface area (Å²) < 4.78 is 1.93. The molecule has 1 aromatic heterocycles. The normalized spacial score (nSPS) is 21.4. The summed E-state index contributed by atoms with van der Waals surface area (Å²) in [5.74, 6) is 0.0428. The van der Waals surface area contributed by atoms with Crippen molar-refractivity contribution in [1.29, 1.82) is 0 Å². The van der Waals surface area contributed by atoms with Crippen molar-refractivity contribution in [2.45, 2.75) is 39.2 Å². The Balaban J connectivity index is 1.78. The van der Waals surface area contributed by atoms with E-state index >= 15 is 0 Å². The molecule has 2 aromatic rings. The van der Waals surface area contributed by atoms with Crippen molar-refractivity contribution in [1.82, 2.24) is 15.0 Å². The van der Waals surface area contributed by atoms with E-state index in [9.17, 15) is 4.79 Å². The van der Waals surface area contributed by atoms with Crippen LogP contribution in [0.25, 0.3) is 0 Å². The van der Waals surface area contributed by atoms with E-state index in [1.54, 1.807) is 0 Å². The maximum atomic E-state index is 12.5. The number of hydrogen-bond donors (Lipinski definition) is 1. The molecule has 1 aromatic carbocycles. The number of anilines is 1. The smallest absolute Gasteiger partial charge is 0.229 e. The highest BCUT2D eigenvalue weighted by Gasteiger charge is 2.35. The van der Waals surface area contributed by atoms with Gasteiger partial charge < -0.3 is 5.32 Å². The highest BCUT2D eigenvalue weighted by atomic mass is 16.2. The number of nitrogens with one attached hydrogen (secondary N) is 1. The van der Waals surface area contributed by atoms with Gasteiger partial charge in [0.2, 0.25) is 5.91 Å². The number of rotatable bonds is 3. The van der Waals surface area contributed by atoms with Crippen LogP contribution in [0.3, 0.4) is 0 Å². The van der Waals surface area contributed by atoms with Crippen molar-refractivity contribution in [2.24, 2.45) is 5.92 Å². The van der Waals surface area contributed by atoms with Crippen molar-refractivity contribution in [3.8, 4) is 0 Å². The molecule has 0 bridgehead atoms. The molecule has 1 amide bonds. The van der Waals surface area contributed by atoms with Crippen molar-refractivity contribution in [2.75, 3.05) is 5.32 Å². The van der Waals surface area contributed by atoms with Gasteiger partial charge in [-0.15, -0.1) is 5.10 Å². The van der Waals surface area contributed by atoms with E-state index in [0.29, 0.717) is 0 Å². The summed E-state index contributed by atoms with van der Waals surface area (Å²) in [7, 11) is 0. The van der Waals surface area contributed by atoms with E-state index in [4.69, 9.17) is 0 Å². The fourth-order valence-electron chi connectivity index (χ4n) is 3.03. The average molecular weight is 284 g/mol. The zero-order valence-electron chi connectivity index (χ0n) is 12.4. The Bertz CT molecular complexity index is 635. The molecule has 1 aliphatic rings. The molecule has 5 heteroatoms. The van der Waals surface area contributed by atoms with Gasteiger partial charge in [-0.2, -0.15) is 0 Å². The molecule has 2 atom stereocenters. The molecule has 0 unspecified atom stereocenters. The Labute approximate surface area is 124 Å². The van der Waals surface area contributed by atoms with Gasteiger partial charge in [0.25, 0.3) is 0 Å². The number of carbonyl (C=O) groups excluding carboxylic acids is 1. The Morgan fingerprint density at radius 1 is 1.24 bits per heavy atom. The lowest BCUT2D eigenvalue weighted by Crippen LogP contribution is -2.28. The van der Waals surface area contributed by atoms with Crippen LogP contribution in [0.2, 0.25) is 0 Å². The molecule has 5 nitrogen and oxygen atoms in total. The second-order valence-electron chi connectivity index (χ2n) is 5.66. The topological polar surface area (TPSA) is 59.8 Å². The lowest BCUT2D eigenvalue weighted by atomic mass is 10.0. The second kappa shape index (κ2) is 5.68. The summed E-state index contributed by atoms with van der Waals surface area (Å²) in [6.45, 7) is 3.96. The summed E-state index contributed by atoms with van der Waals surface area (Å²) in [4.78, 5) is 12.5. The van der Waals surface area contributed by atoms with Gasteiger partial charge in [0.05, 0.1) is 23.3 Å². The van der Waals surface area contributed by atoms with E-state index in [0.717, 1.165) is 36.3 Å². The number of nitrogens with zero attached hydrogens (tertiary/aromatic N) is 3. The van der Waals surface area contributed by atoms with Crippen molar-refractivity contribution in [3.05, 3.63) is 41.7 Å². The number of carbonyl (C=O) groups is 1. The van der Waals surface area contributed by atoms with Crippen LogP contribution in [0.5, 0.6) is 0 Å². The molecule has 3 rings (SSSR count). The number of aromatic nitrogens is 3. The molecule has 1 aliphatic carbocycles. The summed E-state index contributed by atoms with van der Waals surface area (Å²) >= 11 is 0. The molecule has 1 heterocycles. The first-order valence-electron chi connectivity index (χ1n) is 7.41. The zero-order chi connectivity index (χ0) is 14.8. The first-order chi connectivity index (χ1) is 10.2. The van der Waals surface area contributed by atoms with Crippen molar-refractivity contribution < 1.29 is 4.79 Å². The largest absolute Gasteiger partial charge is 0.326 e.